The van der Waals surface area contributed by atoms with Crippen molar-refractivity contribution in [2.75, 3.05) is 17.7 Å². The van der Waals surface area contributed by atoms with E-state index in [-0.39, 0.29) is 12.0 Å². The van der Waals surface area contributed by atoms with Gasteiger partial charge in [-0.1, -0.05) is 5.92 Å². The predicted octanol–water partition coefficient (Wildman–Crippen LogP) is 0.825. The zero-order chi connectivity index (χ0) is 10.7. The molecule has 0 amide bonds. The van der Waals surface area contributed by atoms with Crippen LogP contribution >= 0.6 is 0 Å². The van der Waals surface area contributed by atoms with Crippen LogP contribution in [-0.2, 0) is 0 Å². The van der Waals surface area contributed by atoms with Crippen LogP contribution in [-0.4, -0.2) is 23.1 Å². The van der Waals surface area contributed by atoms with E-state index in [1.54, 1.807) is 0 Å². The van der Waals surface area contributed by atoms with Crippen LogP contribution in [0.25, 0.3) is 0 Å². The third-order valence-electron chi connectivity index (χ3n) is 2.04. The Morgan fingerprint density at radius 2 is 2.21 bits per heavy atom. The maximum atomic E-state index is 5.54. The second-order valence-corrected chi connectivity index (χ2v) is 3.18. The third kappa shape index (κ3) is 2.13. The zero-order valence-electron chi connectivity index (χ0n) is 8.65. The van der Waals surface area contributed by atoms with Crippen LogP contribution in [0, 0.1) is 19.3 Å². The molecule has 0 saturated carbocycles. The normalized spacial score (nSPS) is 11.9. The Balaban J connectivity index is 3.02. The van der Waals surface area contributed by atoms with Crippen molar-refractivity contribution in [3.05, 3.63) is 11.8 Å². The Labute approximate surface area is 84.2 Å². The number of aryl methyl sites for hydroxylation is 1. The molecule has 4 nitrogen and oxygen atoms in total. The van der Waals surface area contributed by atoms with Gasteiger partial charge in [0.2, 0.25) is 5.95 Å². The molecule has 0 bridgehead atoms. The van der Waals surface area contributed by atoms with Crippen molar-refractivity contribution in [2.45, 2.75) is 19.9 Å². The van der Waals surface area contributed by atoms with E-state index in [0.717, 1.165) is 11.5 Å². The summed E-state index contributed by atoms with van der Waals surface area (Å²) in [5.74, 6) is 3.65. The van der Waals surface area contributed by atoms with Crippen LogP contribution in [0.4, 0.5) is 11.8 Å². The number of nitrogens with zero attached hydrogens (tertiary/aromatic N) is 3. The molecular weight excluding hydrogens is 176 g/mol. The van der Waals surface area contributed by atoms with Gasteiger partial charge in [-0.2, -0.15) is 4.98 Å². The molecule has 0 aromatic carbocycles. The first-order valence-corrected chi connectivity index (χ1v) is 4.34. The Morgan fingerprint density at radius 1 is 1.57 bits per heavy atom. The molecule has 1 atom stereocenters. The average molecular weight is 190 g/mol. The van der Waals surface area contributed by atoms with Crippen molar-refractivity contribution < 1.29 is 0 Å². The lowest BCUT2D eigenvalue weighted by atomic mass is 10.3. The first-order chi connectivity index (χ1) is 6.54. The van der Waals surface area contributed by atoms with E-state index < -0.39 is 0 Å². The number of hydrogen-bond donors (Lipinski definition) is 1. The summed E-state index contributed by atoms with van der Waals surface area (Å²) in [4.78, 5) is 9.97. The number of rotatable bonds is 2. The number of hydrogen-bond acceptors (Lipinski definition) is 4. The molecular formula is C10H14N4. The minimum Gasteiger partial charge on any atom is -0.368 e. The highest BCUT2D eigenvalue weighted by Gasteiger charge is 2.09. The number of aromatic nitrogens is 2. The Hall–Kier alpha value is -1.76. The fourth-order valence-electron chi connectivity index (χ4n) is 1.07. The number of nitrogen functional groups attached to an aromatic ring is 1. The maximum Gasteiger partial charge on any atom is 0.222 e. The summed E-state index contributed by atoms with van der Waals surface area (Å²) in [7, 11) is 1.88. The fraction of sp³-hybridized carbons (Fsp3) is 0.400. The van der Waals surface area contributed by atoms with Gasteiger partial charge in [0.05, 0.1) is 6.04 Å². The lowest BCUT2D eigenvalue weighted by molar-refractivity contribution is 0.825. The van der Waals surface area contributed by atoms with E-state index in [9.17, 15) is 0 Å². The molecule has 4 heteroatoms. The minimum absolute atomic E-state index is 0.0105. The number of anilines is 2. The molecule has 74 valence electrons. The molecule has 1 rings (SSSR count). The largest absolute Gasteiger partial charge is 0.368 e. The highest BCUT2D eigenvalue weighted by Crippen LogP contribution is 2.13. The van der Waals surface area contributed by atoms with Crippen LogP contribution < -0.4 is 10.6 Å². The second kappa shape index (κ2) is 3.97. The molecule has 1 heterocycles. The van der Waals surface area contributed by atoms with Gasteiger partial charge in [-0.3, -0.25) is 0 Å². The lowest BCUT2D eigenvalue weighted by Gasteiger charge is -2.21. The molecule has 0 aliphatic carbocycles. The molecule has 14 heavy (non-hydrogen) atoms. The minimum atomic E-state index is -0.0105. The zero-order valence-corrected chi connectivity index (χ0v) is 8.65. The van der Waals surface area contributed by atoms with Crippen molar-refractivity contribution in [1.82, 2.24) is 9.97 Å². The molecule has 1 aromatic rings. The third-order valence-corrected chi connectivity index (χ3v) is 2.04. The van der Waals surface area contributed by atoms with Gasteiger partial charge in [-0.15, -0.1) is 6.42 Å². The molecule has 1 unspecified atom stereocenters. The Kier molecular flexibility index (Phi) is 2.92. The summed E-state index contributed by atoms with van der Waals surface area (Å²) in [6, 6.07) is 1.84. The maximum absolute atomic E-state index is 5.54. The molecule has 1 aromatic heterocycles. The van der Waals surface area contributed by atoms with Crippen molar-refractivity contribution in [3.8, 4) is 12.3 Å². The van der Waals surface area contributed by atoms with Crippen LogP contribution in [0.1, 0.15) is 12.6 Å². The second-order valence-electron chi connectivity index (χ2n) is 3.18. The van der Waals surface area contributed by atoms with E-state index in [4.69, 9.17) is 12.2 Å². The van der Waals surface area contributed by atoms with Gasteiger partial charge in [-0.25, -0.2) is 4.98 Å². The summed E-state index contributed by atoms with van der Waals surface area (Å²) in [5.41, 5.74) is 6.37. The fourth-order valence-corrected chi connectivity index (χ4v) is 1.07. The summed E-state index contributed by atoms with van der Waals surface area (Å²) < 4.78 is 0. The Bertz CT molecular complexity index is 347. The van der Waals surface area contributed by atoms with Crippen LogP contribution in [0.15, 0.2) is 6.07 Å². The molecule has 0 aliphatic rings. The van der Waals surface area contributed by atoms with Crippen LogP contribution in [0.5, 0.6) is 0 Å². The van der Waals surface area contributed by atoms with E-state index in [1.165, 1.54) is 0 Å². The SMILES string of the molecule is C#CC(C)N(C)c1cc(C)nc(N)n1. The van der Waals surface area contributed by atoms with Crippen LogP contribution in [0.2, 0.25) is 0 Å². The van der Waals surface area contributed by atoms with Crippen molar-refractivity contribution in [2.24, 2.45) is 0 Å². The van der Waals surface area contributed by atoms with Gasteiger partial charge < -0.3 is 10.6 Å². The molecule has 0 radical (unpaired) electrons. The van der Waals surface area contributed by atoms with Gasteiger partial charge in [0.1, 0.15) is 5.82 Å². The van der Waals surface area contributed by atoms with Crippen LogP contribution in [0.3, 0.4) is 0 Å². The van der Waals surface area contributed by atoms with Crippen molar-refractivity contribution in [3.63, 3.8) is 0 Å². The molecule has 0 spiro atoms. The Morgan fingerprint density at radius 3 is 2.71 bits per heavy atom. The molecule has 0 aliphatic heterocycles. The van der Waals surface area contributed by atoms with Gasteiger partial charge in [0, 0.05) is 18.8 Å². The van der Waals surface area contributed by atoms with E-state index in [1.807, 2.05) is 31.9 Å². The summed E-state index contributed by atoms with van der Waals surface area (Å²) in [6.07, 6.45) is 5.32. The van der Waals surface area contributed by atoms with E-state index in [2.05, 4.69) is 15.9 Å². The lowest BCUT2D eigenvalue weighted by Crippen LogP contribution is -2.28. The first-order valence-electron chi connectivity index (χ1n) is 4.34. The van der Waals surface area contributed by atoms with Crippen molar-refractivity contribution in [1.29, 1.82) is 0 Å². The van der Waals surface area contributed by atoms with Gasteiger partial charge in [0.25, 0.3) is 0 Å². The molecule has 2 N–H and O–H groups in total. The molecule has 0 saturated heterocycles. The van der Waals surface area contributed by atoms with Gasteiger partial charge >= 0.3 is 0 Å². The smallest absolute Gasteiger partial charge is 0.222 e. The van der Waals surface area contributed by atoms with Gasteiger partial charge in [0.15, 0.2) is 0 Å². The van der Waals surface area contributed by atoms with E-state index >= 15 is 0 Å². The first kappa shape index (κ1) is 10.3. The number of terminal acetylenes is 1. The highest BCUT2D eigenvalue weighted by molar-refractivity contribution is 5.44. The van der Waals surface area contributed by atoms with Crippen molar-refractivity contribution >= 4 is 11.8 Å². The summed E-state index contributed by atoms with van der Waals surface area (Å²) in [5, 5.41) is 0. The monoisotopic (exact) mass is 190 g/mol. The predicted molar refractivity (Wildman–Crippen MR) is 57.9 cm³/mol. The molecule has 0 fully saturated rings. The van der Waals surface area contributed by atoms with E-state index in [0.29, 0.717) is 0 Å². The summed E-state index contributed by atoms with van der Waals surface area (Å²) >= 11 is 0. The quantitative estimate of drug-likeness (QED) is 0.702. The average Bonchev–Trinajstić information content (AvgIpc) is 2.14. The number of nitrogens with two attached hydrogens (primary N) is 1. The highest BCUT2D eigenvalue weighted by atomic mass is 15.2. The van der Waals surface area contributed by atoms with Gasteiger partial charge in [-0.05, 0) is 13.8 Å². The summed E-state index contributed by atoms with van der Waals surface area (Å²) in [6.45, 7) is 3.80. The topological polar surface area (TPSA) is 55.0 Å². The standard InChI is InChI=1S/C10H14N4/c1-5-8(3)14(4)9-6-7(2)12-10(11)13-9/h1,6,8H,2-4H3,(H2,11,12,13).